The van der Waals surface area contributed by atoms with Gasteiger partial charge in [0.1, 0.15) is 11.6 Å². The summed E-state index contributed by atoms with van der Waals surface area (Å²) in [6, 6.07) is 9.43. The van der Waals surface area contributed by atoms with Crippen molar-refractivity contribution >= 4 is 11.8 Å². The zero-order chi connectivity index (χ0) is 25.4. The van der Waals surface area contributed by atoms with Crippen molar-refractivity contribution in [3.63, 3.8) is 0 Å². The summed E-state index contributed by atoms with van der Waals surface area (Å²) in [6.45, 7) is 0.275. The topological polar surface area (TPSA) is 58.6 Å². The van der Waals surface area contributed by atoms with Gasteiger partial charge in [0, 0.05) is 44.6 Å². The average molecular weight is 496 g/mol. The highest BCUT2D eigenvalue weighted by Crippen LogP contribution is 2.50. The number of nitrogens with zero attached hydrogens (tertiary/aromatic N) is 1. The second-order valence-corrected chi connectivity index (χ2v) is 9.13. The van der Waals surface area contributed by atoms with Gasteiger partial charge in [-0.2, -0.15) is 13.2 Å². The fraction of sp³-hybridized carbons (Fsp3) is 0.440. The van der Waals surface area contributed by atoms with Gasteiger partial charge in [-0.05, 0) is 48.1 Å². The first-order valence-corrected chi connectivity index (χ1v) is 11.2. The molecule has 10 heteroatoms. The van der Waals surface area contributed by atoms with Gasteiger partial charge < -0.3 is 15.0 Å². The molecule has 0 bridgehead atoms. The molecule has 2 aromatic rings. The van der Waals surface area contributed by atoms with E-state index < -0.39 is 40.3 Å². The molecule has 0 aliphatic carbocycles. The molecule has 0 aromatic heterocycles. The van der Waals surface area contributed by atoms with E-state index in [2.05, 4.69) is 5.32 Å². The molecule has 2 aliphatic rings. The van der Waals surface area contributed by atoms with Crippen LogP contribution in [0.2, 0.25) is 0 Å². The standard InChI is InChI=1S/C25H25F5N2O3/c1-35-24(25(28,29)30,17-4-8-19(27)9-5-17)22(34)32-12-10-23(11-13-32)14-21(33)31-15-20(23)16-2-6-18(26)7-3-16/h2-9,20H,10-15H2,1H3,(H,31,33). The molecule has 1 spiro atoms. The first-order valence-electron chi connectivity index (χ1n) is 11.2. The number of amides is 2. The van der Waals surface area contributed by atoms with E-state index in [4.69, 9.17) is 4.74 Å². The molecule has 2 aromatic carbocycles. The van der Waals surface area contributed by atoms with Crippen molar-refractivity contribution in [1.82, 2.24) is 10.2 Å². The molecule has 2 unspecified atom stereocenters. The summed E-state index contributed by atoms with van der Waals surface area (Å²) >= 11 is 0. The zero-order valence-electron chi connectivity index (χ0n) is 19.0. The third-order valence-corrected chi connectivity index (χ3v) is 7.33. The van der Waals surface area contributed by atoms with Crippen LogP contribution in [-0.2, 0) is 19.9 Å². The molecule has 2 atom stereocenters. The van der Waals surface area contributed by atoms with E-state index in [-0.39, 0.29) is 44.2 Å². The number of nitrogens with one attached hydrogen (secondary N) is 1. The summed E-state index contributed by atoms with van der Waals surface area (Å²) in [4.78, 5) is 26.8. The Kier molecular flexibility index (Phi) is 6.61. The fourth-order valence-electron chi connectivity index (χ4n) is 5.42. The Morgan fingerprint density at radius 1 is 1.00 bits per heavy atom. The summed E-state index contributed by atoms with van der Waals surface area (Å²) in [5.41, 5.74) is -3.56. The van der Waals surface area contributed by atoms with Crippen LogP contribution in [0.25, 0.3) is 0 Å². The lowest BCUT2D eigenvalue weighted by atomic mass is 9.62. The van der Waals surface area contributed by atoms with Gasteiger partial charge in [0.25, 0.3) is 11.5 Å². The third kappa shape index (κ3) is 4.39. The monoisotopic (exact) mass is 496 g/mol. The fourth-order valence-corrected chi connectivity index (χ4v) is 5.42. The summed E-state index contributed by atoms with van der Waals surface area (Å²) in [5.74, 6) is -2.77. The minimum Gasteiger partial charge on any atom is -0.356 e. The van der Waals surface area contributed by atoms with Crippen LogP contribution < -0.4 is 5.32 Å². The number of likely N-dealkylation sites (tertiary alicyclic amines) is 1. The summed E-state index contributed by atoms with van der Waals surface area (Å²) in [7, 11) is 0.802. The maximum Gasteiger partial charge on any atom is 0.430 e. The maximum atomic E-state index is 14.3. The molecule has 2 heterocycles. The average Bonchev–Trinajstić information content (AvgIpc) is 2.81. The number of benzene rings is 2. The number of carbonyl (C=O) groups excluding carboxylic acids is 2. The summed E-state index contributed by atoms with van der Waals surface area (Å²) in [6.07, 6.45) is -4.37. The van der Waals surface area contributed by atoms with E-state index in [1.54, 1.807) is 12.1 Å². The van der Waals surface area contributed by atoms with Crippen LogP contribution in [0.5, 0.6) is 0 Å². The molecule has 2 saturated heterocycles. The normalized spacial score (nSPS) is 21.9. The predicted octanol–water partition coefficient (Wildman–Crippen LogP) is 4.28. The maximum absolute atomic E-state index is 14.3. The SMILES string of the molecule is COC(C(=O)N1CCC2(CC1)CC(=O)NCC2c1ccc(F)cc1)(c1ccc(F)cc1)C(F)(F)F. The number of piperidine rings is 2. The molecular weight excluding hydrogens is 471 g/mol. The van der Waals surface area contributed by atoms with Gasteiger partial charge in [-0.15, -0.1) is 0 Å². The van der Waals surface area contributed by atoms with Crippen molar-refractivity contribution in [3.05, 3.63) is 71.3 Å². The smallest absolute Gasteiger partial charge is 0.356 e. The second-order valence-electron chi connectivity index (χ2n) is 9.13. The Hall–Kier alpha value is -3.01. The quantitative estimate of drug-likeness (QED) is 0.643. The van der Waals surface area contributed by atoms with Crippen molar-refractivity contribution in [1.29, 1.82) is 0 Å². The molecule has 1 N–H and O–H groups in total. The number of hydrogen-bond acceptors (Lipinski definition) is 3. The Morgan fingerprint density at radius 2 is 1.54 bits per heavy atom. The first-order chi connectivity index (χ1) is 16.5. The van der Waals surface area contributed by atoms with Crippen molar-refractivity contribution < 1.29 is 36.3 Å². The second kappa shape index (κ2) is 9.22. The number of hydrogen-bond donors (Lipinski definition) is 1. The van der Waals surface area contributed by atoms with E-state index in [9.17, 15) is 31.5 Å². The molecule has 5 nitrogen and oxygen atoms in total. The van der Waals surface area contributed by atoms with Crippen LogP contribution >= 0.6 is 0 Å². The van der Waals surface area contributed by atoms with Crippen molar-refractivity contribution in [3.8, 4) is 0 Å². The lowest BCUT2D eigenvalue weighted by molar-refractivity contribution is -0.271. The molecule has 2 aliphatic heterocycles. The molecule has 4 rings (SSSR count). The molecule has 0 radical (unpaired) electrons. The first kappa shape index (κ1) is 25.1. The Labute approximate surface area is 199 Å². The number of halogens is 5. The van der Waals surface area contributed by atoms with Gasteiger partial charge >= 0.3 is 6.18 Å². The minimum absolute atomic E-state index is 0.0216. The summed E-state index contributed by atoms with van der Waals surface area (Å²) in [5, 5.41) is 2.82. The molecule has 0 saturated carbocycles. The minimum atomic E-state index is -5.10. The zero-order valence-corrected chi connectivity index (χ0v) is 19.0. The highest BCUT2D eigenvalue weighted by molar-refractivity contribution is 5.88. The number of ether oxygens (including phenoxy) is 1. The van der Waals surface area contributed by atoms with E-state index in [0.717, 1.165) is 41.8 Å². The van der Waals surface area contributed by atoms with Crippen molar-refractivity contribution in [2.75, 3.05) is 26.7 Å². The number of methoxy groups -OCH3 is 1. The predicted molar refractivity (Wildman–Crippen MR) is 116 cm³/mol. The molecule has 188 valence electrons. The summed E-state index contributed by atoms with van der Waals surface area (Å²) < 4.78 is 74.7. The van der Waals surface area contributed by atoms with Gasteiger partial charge in [-0.3, -0.25) is 9.59 Å². The highest BCUT2D eigenvalue weighted by atomic mass is 19.4. The van der Waals surface area contributed by atoms with Gasteiger partial charge in [-0.1, -0.05) is 24.3 Å². The lowest BCUT2D eigenvalue weighted by Crippen LogP contribution is -2.60. The highest BCUT2D eigenvalue weighted by Gasteiger charge is 2.64. The Morgan fingerprint density at radius 3 is 2.06 bits per heavy atom. The molecular formula is C25H25F5N2O3. The van der Waals surface area contributed by atoms with Gasteiger partial charge in [0.05, 0.1) is 0 Å². The third-order valence-electron chi connectivity index (χ3n) is 7.33. The van der Waals surface area contributed by atoms with Crippen molar-refractivity contribution in [2.24, 2.45) is 5.41 Å². The van der Waals surface area contributed by atoms with Crippen LogP contribution in [0.3, 0.4) is 0 Å². The Bertz CT molecular complexity index is 1080. The van der Waals surface area contributed by atoms with Crippen LogP contribution in [0.1, 0.15) is 36.3 Å². The van der Waals surface area contributed by atoms with E-state index in [1.165, 1.54) is 12.1 Å². The van der Waals surface area contributed by atoms with E-state index >= 15 is 0 Å². The lowest BCUT2D eigenvalue weighted by Gasteiger charge is -2.50. The largest absolute Gasteiger partial charge is 0.430 e. The number of alkyl halides is 3. The van der Waals surface area contributed by atoms with Crippen molar-refractivity contribution in [2.45, 2.75) is 37.0 Å². The van der Waals surface area contributed by atoms with Crippen LogP contribution in [0.15, 0.2) is 48.5 Å². The van der Waals surface area contributed by atoms with Gasteiger partial charge in [0.2, 0.25) is 5.91 Å². The number of carbonyl (C=O) groups is 2. The number of rotatable bonds is 4. The van der Waals surface area contributed by atoms with Crippen LogP contribution in [0.4, 0.5) is 22.0 Å². The van der Waals surface area contributed by atoms with Crippen LogP contribution in [-0.4, -0.2) is 49.6 Å². The van der Waals surface area contributed by atoms with E-state index in [0.29, 0.717) is 6.54 Å². The van der Waals surface area contributed by atoms with Gasteiger partial charge in [0.15, 0.2) is 0 Å². The van der Waals surface area contributed by atoms with Crippen LogP contribution in [0, 0.1) is 17.0 Å². The van der Waals surface area contributed by atoms with E-state index in [1.807, 2.05) is 0 Å². The molecule has 2 fully saturated rings. The van der Waals surface area contributed by atoms with Gasteiger partial charge in [-0.25, -0.2) is 8.78 Å². The Balaban J connectivity index is 1.62. The molecule has 2 amide bonds. The molecule has 35 heavy (non-hydrogen) atoms.